The van der Waals surface area contributed by atoms with Gasteiger partial charge in [0.05, 0.1) is 6.61 Å². The Morgan fingerprint density at radius 2 is 2.00 bits per heavy atom. The molecule has 28 heavy (non-hydrogen) atoms. The zero-order chi connectivity index (χ0) is 20.3. The first-order valence-corrected chi connectivity index (χ1v) is 9.42. The quantitative estimate of drug-likeness (QED) is 0.339. The molecular formula is C18H26N6O4. The van der Waals surface area contributed by atoms with Crippen LogP contribution in [0.3, 0.4) is 0 Å². The number of nitrogens with one attached hydrogen (secondary N) is 1. The molecule has 1 fully saturated rings. The molecule has 2 aromatic rings. The molecule has 0 aliphatic carbocycles. The second-order valence-corrected chi connectivity index (χ2v) is 6.57. The van der Waals surface area contributed by atoms with Gasteiger partial charge in [-0.05, 0) is 19.3 Å². The van der Waals surface area contributed by atoms with Gasteiger partial charge in [0.15, 0.2) is 23.2 Å². The molecule has 6 N–H and O–H groups in total. The van der Waals surface area contributed by atoms with Gasteiger partial charge in [-0.3, -0.25) is 4.57 Å². The first-order chi connectivity index (χ1) is 13.5. The number of hydrogen-bond donors (Lipinski definition) is 5. The Morgan fingerprint density at radius 3 is 2.64 bits per heavy atom. The van der Waals surface area contributed by atoms with Crippen molar-refractivity contribution in [3.05, 3.63) is 5.82 Å². The molecule has 1 aliphatic rings. The number of nitrogens with zero attached hydrogens (tertiary/aromatic N) is 4. The minimum Gasteiger partial charge on any atom is -0.394 e. The van der Waals surface area contributed by atoms with Crippen molar-refractivity contribution >= 4 is 22.9 Å². The summed E-state index contributed by atoms with van der Waals surface area (Å²) in [6, 6.07) is 0. The van der Waals surface area contributed by atoms with Crippen molar-refractivity contribution in [3.63, 3.8) is 0 Å². The highest BCUT2D eigenvalue weighted by Gasteiger charge is 2.45. The lowest BCUT2D eigenvalue weighted by Crippen LogP contribution is -2.33. The molecule has 152 valence electrons. The number of nitrogens with two attached hydrogens (primary N) is 1. The molecule has 0 spiro atoms. The Bertz CT molecular complexity index is 890. The molecule has 4 atom stereocenters. The van der Waals surface area contributed by atoms with E-state index in [4.69, 9.17) is 10.5 Å². The number of aromatic nitrogens is 4. The summed E-state index contributed by atoms with van der Waals surface area (Å²) in [4.78, 5) is 13.1. The Morgan fingerprint density at radius 1 is 1.21 bits per heavy atom. The first-order valence-electron chi connectivity index (χ1n) is 9.42. The number of imidazole rings is 1. The smallest absolute Gasteiger partial charge is 0.208 e. The molecule has 10 heteroatoms. The average molecular weight is 390 g/mol. The lowest BCUT2D eigenvalue weighted by Gasteiger charge is -2.19. The van der Waals surface area contributed by atoms with Crippen LogP contribution in [0.1, 0.15) is 45.2 Å². The van der Waals surface area contributed by atoms with E-state index < -0.39 is 31.1 Å². The van der Waals surface area contributed by atoms with Gasteiger partial charge in [0.1, 0.15) is 18.3 Å². The van der Waals surface area contributed by atoms with Crippen LogP contribution < -0.4 is 11.1 Å². The molecule has 3 rings (SSSR count). The van der Waals surface area contributed by atoms with Crippen LogP contribution in [0.5, 0.6) is 0 Å². The van der Waals surface area contributed by atoms with Gasteiger partial charge in [-0.15, -0.1) is 0 Å². The minimum atomic E-state index is -1.28. The number of anilines is 2. The Kier molecular flexibility index (Phi) is 6.31. The highest BCUT2D eigenvalue weighted by molar-refractivity contribution is 5.84. The normalized spacial score (nSPS) is 24.3. The second kappa shape index (κ2) is 8.70. The van der Waals surface area contributed by atoms with E-state index in [2.05, 4.69) is 39.0 Å². The number of rotatable bonds is 6. The molecular weight excluding hydrogens is 364 g/mol. The van der Waals surface area contributed by atoms with Crippen LogP contribution in [0.2, 0.25) is 0 Å². The second-order valence-electron chi connectivity index (χ2n) is 6.57. The van der Waals surface area contributed by atoms with E-state index in [9.17, 15) is 15.3 Å². The minimum absolute atomic E-state index is 0.162. The van der Waals surface area contributed by atoms with Crippen LogP contribution in [-0.2, 0) is 4.74 Å². The van der Waals surface area contributed by atoms with Crippen molar-refractivity contribution in [1.29, 1.82) is 0 Å². The van der Waals surface area contributed by atoms with E-state index >= 15 is 0 Å². The van der Waals surface area contributed by atoms with Crippen LogP contribution in [0.25, 0.3) is 11.2 Å². The fourth-order valence-corrected chi connectivity index (χ4v) is 3.07. The Hall–Kier alpha value is -2.45. The van der Waals surface area contributed by atoms with Crippen molar-refractivity contribution in [1.82, 2.24) is 19.5 Å². The van der Waals surface area contributed by atoms with Gasteiger partial charge in [0.2, 0.25) is 11.8 Å². The van der Waals surface area contributed by atoms with Crippen molar-refractivity contribution in [2.45, 2.75) is 57.6 Å². The summed E-state index contributed by atoms with van der Waals surface area (Å²) in [6.07, 6.45) is -1.68. The maximum atomic E-state index is 10.5. The highest BCUT2D eigenvalue weighted by atomic mass is 16.6. The Balaban J connectivity index is 2.09. The third-order valence-corrected chi connectivity index (χ3v) is 4.53. The standard InChI is InChI=1S/C18H26N6O4/c1-3-5-6-7-8-11-21-15(19)12-16(22-11)24(18(23-12)20-4-2)17-14(27)13(26)10(9-25)28-17/h10,13-14,17,25-27H,3-6,9H2,1-2H3,(H,20,23)(H2,19,21,22)/t10-,13-,14-,17-/m1/s1. The molecule has 1 aliphatic heterocycles. The van der Waals surface area contributed by atoms with Crippen LogP contribution in [0.15, 0.2) is 0 Å². The van der Waals surface area contributed by atoms with Crippen molar-refractivity contribution < 1.29 is 20.1 Å². The predicted octanol–water partition coefficient (Wildman–Crippen LogP) is -0.00650. The number of hydrogen-bond acceptors (Lipinski definition) is 9. The molecule has 0 radical (unpaired) electrons. The molecule has 0 bridgehead atoms. The number of fused-ring (bicyclic) bond motifs is 1. The van der Waals surface area contributed by atoms with Crippen molar-refractivity contribution in [2.75, 3.05) is 24.2 Å². The number of unbranched alkanes of at least 4 members (excludes halogenated alkanes) is 2. The fraction of sp³-hybridized carbons (Fsp3) is 0.611. The van der Waals surface area contributed by atoms with Crippen LogP contribution >= 0.6 is 0 Å². The van der Waals surface area contributed by atoms with E-state index in [0.29, 0.717) is 23.7 Å². The van der Waals surface area contributed by atoms with Gasteiger partial charge in [-0.1, -0.05) is 19.3 Å². The highest BCUT2D eigenvalue weighted by Crippen LogP contribution is 2.35. The largest absolute Gasteiger partial charge is 0.394 e. The average Bonchev–Trinajstić information content (AvgIpc) is 3.17. The summed E-state index contributed by atoms with van der Waals surface area (Å²) in [7, 11) is 0. The Labute approximate surface area is 162 Å². The predicted molar refractivity (Wildman–Crippen MR) is 103 cm³/mol. The van der Waals surface area contributed by atoms with Gasteiger partial charge in [0, 0.05) is 13.0 Å². The van der Waals surface area contributed by atoms with E-state index in [-0.39, 0.29) is 11.6 Å². The summed E-state index contributed by atoms with van der Waals surface area (Å²) in [5.74, 6) is 6.70. The van der Waals surface area contributed by atoms with Crippen molar-refractivity contribution in [3.8, 4) is 11.8 Å². The third-order valence-electron chi connectivity index (χ3n) is 4.53. The lowest BCUT2D eigenvalue weighted by atomic mass is 10.1. The molecule has 0 aromatic carbocycles. The van der Waals surface area contributed by atoms with E-state index in [1.54, 1.807) is 0 Å². The molecule has 1 saturated heterocycles. The topological polar surface area (TPSA) is 152 Å². The van der Waals surface area contributed by atoms with Gasteiger partial charge >= 0.3 is 0 Å². The van der Waals surface area contributed by atoms with Gasteiger partial charge < -0.3 is 31.1 Å². The third kappa shape index (κ3) is 3.74. The maximum Gasteiger partial charge on any atom is 0.208 e. The molecule has 0 saturated carbocycles. The van der Waals surface area contributed by atoms with E-state index in [1.165, 1.54) is 4.57 Å². The van der Waals surface area contributed by atoms with Gasteiger partial charge in [0.25, 0.3) is 0 Å². The monoisotopic (exact) mass is 390 g/mol. The lowest BCUT2D eigenvalue weighted by molar-refractivity contribution is -0.0501. The number of aliphatic hydroxyl groups is 3. The van der Waals surface area contributed by atoms with E-state index in [0.717, 1.165) is 19.3 Å². The summed E-state index contributed by atoms with van der Waals surface area (Å²) >= 11 is 0. The zero-order valence-electron chi connectivity index (χ0n) is 16.0. The molecule has 0 amide bonds. The fourth-order valence-electron chi connectivity index (χ4n) is 3.07. The van der Waals surface area contributed by atoms with E-state index in [1.807, 2.05) is 6.92 Å². The zero-order valence-corrected chi connectivity index (χ0v) is 16.0. The van der Waals surface area contributed by atoms with Crippen molar-refractivity contribution in [2.24, 2.45) is 0 Å². The van der Waals surface area contributed by atoms with Gasteiger partial charge in [-0.2, -0.15) is 0 Å². The van der Waals surface area contributed by atoms with Crippen LogP contribution in [0, 0.1) is 11.8 Å². The van der Waals surface area contributed by atoms with Crippen LogP contribution in [-0.4, -0.2) is 66.3 Å². The molecule has 10 nitrogen and oxygen atoms in total. The summed E-state index contributed by atoms with van der Waals surface area (Å²) in [6.45, 7) is 4.10. The number of nitrogen functional groups attached to an aromatic ring is 1. The molecule has 0 unspecified atom stereocenters. The number of aliphatic hydroxyl groups excluding tert-OH is 3. The summed E-state index contributed by atoms with van der Waals surface area (Å²) in [5, 5.41) is 33.0. The first kappa shape index (κ1) is 20.3. The maximum absolute atomic E-state index is 10.5. The molecule has 2 aromatic heterocycles. The van der Waals surface area contributed by atoms with Gasteiger partial charge in [-0.25, -0.2) is 15.0 Å². The number of ether oxygens (including phenoxy) is 1. The summed E-state index contributed by atoms with van der Waals surface area (Å²) < 4.78 is 7.19. The van der Waals surface area contributed by atoms with Crippen LogP contribution in [0.4, 0.5) is 11.8 Å². The SMILES string of the molecule is CCCCC#Cc1nc(N)c2nc(NCC)n([C@@H]3O[C@H](CO)[C@@H](O)[C@H]3O)c2n1. The molecule has 3 heterocycles. The summed E-state index contributed by atoms with van der Waals surface area (Å²) in [5.41, 5.74) is 6.74.